The Labute approximate surface area is 100.0 Å². The van der Waals surface area contributed by atoms with Crippen LogP contribution >= 0.6 is 15.9 Å². The summed E-state index contributed by atoms with van der Waals surface area (Å²) in [6, 6.07) is 2.90. The number of hydrogen-bond acceptors (Lipinski definition) is 4. The molecular weight excluding hydrogens is 278 g/mol. The number of nitro benzene ring substituents is 1. The monoisotopic (exact) mass is 287 g/mol. The lowest BCUT2D eigenvalue weighted by Crippen LogP contribution is -2.10. The van der Waals surface area contributed by atoms with Gasteiger partial charge in [0.05, 0.1) is 15.0 Å². The highest BCUT2D eigenvalue weighted by molar-refractivity contribution is 9.10. The van der Waals surface area contributed by atoms with Gasteiger partial charge >= 0.3 is 5.69 Å². The van der Waals surface area contributed by atoms with Crippen molar-refractivity contribution in [2.24, 2.45) is 0 Å². The molecule has 0 amide bonds. The molecule has 0 unspecified atom stereocenters. The molecule has 1 aliphatic carbocycles. The number of phenols is 1. The van der Waals surface area contributed by atoms with Crippen LogP contribution in [-0.4, -0.2) is 20.7 Å². The third kappa shape index (κ3) is 2.17. The number of nitro groups is 1. The van der Waals surface area contributed by atoms with Crippen LogP contribution in [0.25, 0.3) is 0 Å². The molecule has 1 fully saturated rings. The number of nitrogens with zero attached hydrogens (tertiary/aromatic N) is 1. The molecule has 1 aliphatic rings. The standard InChI is InChI=1S/C10H10BrNO4/c11-7-3-6(5-10(14)1-2-10)4-8(9(7)13)12(15)16/h3-4,13-14H,1-2,5H2. The van der Waals surface area contributed by atoms with Gasteiger partial charge < -0.3 is 10.2 Å². The lowest BCUT2D eigenvalue weighted by Gasteiger charge is -2.08. The molecule has 6 heteroatoms. The van der Waals surface area contributed by atoms with E-state index < -0.39 is 10.5 Å². The van der Waals surface area contributed by atoms with Gasteiger partial charge in [0.25, 0.3) is 0 Å². The van der Waals surface area contributed by atoms with Crippen LogP contribution in [0.15, 0.2) is 16.6 Å². The summed E-state index contributed by atoms with van der Waals surface area (Å²) in [5.74, 6) is -0.378. The van der Waals surface area contributed by atoms with Gasteiger partial charge in [0, 0.05) is 12.5 Å². The summed E-state index contributed by atoms with van der Waals surface area (Å²) < 4.78 is 0.279. The van der Waals surface area contributed by atoms with Crippen LogP contribution < -0.4 is 0 Å². The Morgan fingerprint density at radius 1 is 1.50 bits per heavy atom. The van der Waals surface area contributed by atoms with Crippen molar-refractivity contribution in [1.82, 2.24) is 0 Å². The van der Waals surface area contributed by atoms with Crippen LogP contribution in [0.5, 0.6) is 5.75 Å². The van der Waals surface area contributed by atoms with Crippen LogP contribution in [0.4, 0.5) is 5.69 Å². The largest absolute Gasteiger partial charge is 0.501 e. The fraction of sp³-hybridized carbons (Fsp3) is 0.400. The molecule has 2 rings (SSSR count). The number of halogens is 1. The maximum Gasteiger partial charge on any atom is 0.312 e. The first kappa shape index (κ1) is 11.3. The van der Waals surface area contributed by atoms with Gasteiger partial charge in [-0.2, -0.15) is 0 Å². The SMILES string of the molecule is O=[N+]([O-])c1cc(CC2(O)CC2)cc(Br)c1O. The molecular formula is C10H10BrNO4. The first-order chi connectivity index (χ1) is 7.41. The maximum absolute atomic E-state index is 10.7. The van der Waals surface area contributed by atoms with E-state index in [0.717, 1.165) is 12.8 Å². The van der Waals surface area contributed by atoms with E-state index in [1.807, 2.05) is 0 Å². The minimum atomic E-state index is -0.704. The average Bonchev–Trinajstić information content (AvgIpc) is 2.89. The van der Waals surface area contributed by atoms with Crippen LogP contribution in [-0.2, 0) is 6.42 Å². The molecule has 0 aliphatic heterocycles. The van der Waals surface area contributed by atoms with Crippen molar-refractivity contribution < 1.29 is 15.1 Å². The zero-order valence-electron chi connectivity index (χ0n) is 8.31. The predicted molar refractivity (Wildman–Crippen MR) is 60.3 cm³/mol. The fourth-order valence-corrected chi connectivity index (χ4v) is 2.08. The second-order valence-electron chi connectivity index (χ2n) is 4.10. The molecule has 0 spiro atoms. The molecule has 1 aromatic rings. The first-order valence-corrected chi connectivity index (χ1v) is 5.59. The Morgan fingerprint density at radius 3 is 2.62 bits per heavy atom. The van der Waals surface area contributed by atoms with Crippen molar-refractivity contribution in [2.45, 2.75) is 24.9 Å². The van der Waals surface area contributed by atoms with E-state index >= 15 is 0 Å². The Balaban J connectivity index is 2.36. The Bertz CT molecular complexity index is 456. The Kier molecular flexibility index (Phi) is 2.63. The van der Waals surface area contributed by atoms with Crippen molar-refractivity contribution in [3.63, 3.8) is 0 Å². The maximum atomic E-state index is 10.7. The third-order valence-electron chi connectivity index (χ3n) is 2.66. The summed E-state index contributed by atoms with van der Waals surface area (Å²) in [5, 5.41) is 29.8. The van der Waals surface area contributed by atoms with Gasteiger partial charge in [0.1, 0.15) is 0 Å². The van der Waals surface area contributed by atoms with Gasteiger partial charge in [0.2, 0.25) is 5.75 Å². The summed E-state index contributed by atoms with van der Waals surface area (Å²) in [6.07, 6.45) is 1.82. The van der Waals surface area contributed by atoms with Crippen LogP contribution in [0.3, 0.4) is 0 Å². The number of benzene rings is 1. The lowest BCUT2D eigenvalue weighted by molar-refractivity contribution is -0.386. The van der Waals surface area contributed by atoms with Crippen molar-refractivity contribution >= 4 is 21.6 Å². The molecule has 0 aromatic heterocycles. The number of hydrogen-bond donors (Lipinski definition) is 2. The van der Waals surface area contributed by atoms with Crippen LogP contribution in [0.1, 0.15) is 18.4 Å². The molecule has 0 heterocycles. The normalized spacial score (nSPS) is 17.1. The zero-order valence-corrected chi connectivity index (χ0v) is 9.90. The number of phenolic OH excluding ortho intramolecular Hbond substituents is 1. The molecule has 1 saturated carbocycles. The lowest BCUT2D eigenvalue weighted by atomic mass is 10.1. The topological polar surface area (TPSA) is 83.6 Å². The molecule has 16 heavy (non-hydrogen) atoms. The average molecular weight is 288 g/mol. The third-order valence-corrected chi connectivity index (χ3v) is 3.26. The first-order valence-electron chi connectivity index (χ1n) is 4.79. The molecule has 0 atom stereocenters. The number of aliphatic hydroxyl groups is 1. The van der Waals surface area contributed by atoms with E-state index in [4.69, 9.17) is 0 Å². The van der Waals surface area contributed by atoms with Gasteiger partial charge in [-0.25, -0.2) is 0 Å². The van der Waals surface area contributed by atoms with E-state index in [9.17, 15) is 20.3 Å². The summed E-state index contributed by atoms with van der Waals surface area (Å²) in [4.78, 5) is 10.0. The fourth-order valence-electron chi connectivity index (χ4n) is 1.58. The van der Waals surface area contributed by atoms with Crippen LogP contribution in [0, 0.1) is 10.1 Å². The highest BCUT2D eigenvalue weighted by Gasteiger charge is 2.40. The van der Waals surface area contributed by atoms with Crippen LogP contribution in [0.2, 0.25) is 0 Å². The molecule has 0 saturated heterocycles. The highest BCUT2D eigenvalue weighted by Crippen LogP contribution is 2.41. The van der Waals surface area contributed by atoms with Crippen molar-refractivity contribution in [1.29, 1.82) is 0 Å². The molecule has 0 radical (unpaired) electrons. The number of rotatable bonds is 3. The second-order valence-corrected chi connectivity index (χ2v) is 4.96. The minimum Gasteiger partial charge on any atom is -0.501 e. The summed E-state index contributed by atoms with van der Waals surface area (Å²) in [7, 11) is 0. The molecule has 86 valence electrons. The smallest absolute Gasteiger partial charge is 0.312 e. The summed E-state index contributed by atoms with van der Waals surface area (Å²) in [5.41, 5.74) is -0.394. The van der Waals surface area contributed by atoms with E-state index in [2.05, 4.69) is 15.9 Å². The van der Waals surface area contributed by atoms with E-state index in [1.54, 1.807) is 6.07 Å². The van der Waals surface area contributed by atoms with Gasteiger partial charge in [-0.15, -0.1) is 0 Å². The van der Waals surface area contributed by atoms with E-state index in [0.29, 0.717) is 12.0 Å². The van der Waals surface area contributed by atoms with Crippen molar-refractivity contribution in [3.05, 3.63) is 32.3 Å². The van der Waals surface area contributed by atoms with E-state index in [1.165, 1.54) is 6.07 Å². The quantitative estimate of drug-likeness (QED) is 0.659. The van der Waals surface area contributed by atoms with E-state index in [-0.39, 0.29) is 15.9 Å². The summed E-state index contributed by atoms with van der Waals surface area (Å²) >= 11 is 3.06. The van der Waals surface area contributed by atoms with Gasteiger partial charge in [0.15, 0.2) is 0 Å². The molecule has 1 aromatic carbocycles. The van der Waals surface area contributed by atoms with Gasteiger partial charge in [-0.05, 0) is 40.4 Å². The Hall–Kier alpha value is -1.14. The predicted octanol–water partition coefficient (Wildman–Crippen LogP) is 2.13. The molecule has 0 bridgehead atoms. The number of aromatic hydroxyl groups is 1. The minimum absolute atomic E-state index is 0.279. The van der Waals surface area contributed by atoms with Gasteiger partial charge in [-0.3, -0.25) is 10.1 Å². The van der Waals surface area contributed by atoms with Crippen molar-refractivity contribution in [2.75, 3.05) is 0 Å². The molecule has 2 N–H and O–H groups in total. The highest BCUT2D eigenvalue weighted by atomic mass is 79.9. The second kappa shape index (κ2) is 3.71. The zero-order chi connectivity index (χ0) is 11.9. The Morgan fingerprint density at radius 2 is 2.12 bits per heavy atom. The van der Waals surface area contributed by atoms with Crippen molar-refractivity contribution in [3.8, 4) is 5.75 Å². The van der Waals surface area contributed by atoms with Gasteiger partial charge in [-0.1, -0.05) is 0 Å². The molecule has 5 nitrogen and oxygen atoms in total. The summed E-state index contributed by atoms with van der Waals surface area (Å²) in [6.45, 7) is 0.